The maximum atomic E-state index is 11.1. The van der Waals surface area contributed by atoms with Crippen LogP contribution in [0.5, 0.6) is 0 Å². The van der Waals surface area contributed by atoms with Crippen molar-refractivity contribution in [3.05, 3.63) is 18.2 Å². The second-order valence-corrected chi connectivity index (χ2v) is 5.79. The average Bonchev–Trinajstić information content (AvgIpc) is 2.13. The summed E-state index contributed by atoms with van der Waals surface area (Å²) in [6.07, 6.45) is 1.14. The molecule has 0 radical (unpaired) electrons. The zero-order chi connectivity index (χ0) is 12.6. The molecule has 0 amide bonds. The number of aliphatic hydroxyl groups is 1. The van der Waals surface area contributed by atoms with Crippen molar-refractivity contribution in [1.82, 2.24) is 0 Å². The lowest BCUT2D eigenvalue weighted by molar-refractivity contribution is 0.0836. The van der Waals surface area contributed by atoms with Gasteiger partial charge in [0, 0.05) is 11.7 Å². The van der Waals surface area contributed by atoms with Crippen molar-refractivity contribution in [3.8, 4) is 0 Å². The molecule has 0 saturated heterocycles. The van der Waals surface area contributed by atoms with Crippen LogP contribution in [0.15, 0.2) is 23.1 Å². The van der Waals surface area contributed by atoms with Gasteiger partial charge in [-0.1, -0.05) is 0 Å². The monoisotopic (exact) mass is 257 g/mol. The molecule has 6 N–H and O–H groups in total. The fourth-order valence-corrected chi connectivity index (χ4v) is 2.48. The van der Waals surface area contributed by atoms with Crippen LogP contribution in [0, 0.1) is 0 Å². The summed E-state index contributed by atoms with van der Waals surface area (Å²) < 4.78 is 22.3. The molecule has 2 rings (SSSR count). The maximum absolute atomic E-state index is 11.1. The summed E-state index contributed by atoms with van der Waals surface area (Å²) in [6.45, 7) is 0. The van der Waals surface area contributed by atoms with Crippen LogP contribution in [0.2, 0.25) is 0 Å². The molecule has 1 aliphatic rings. The Bertz CT molecular complexity index is 524. The zero-order valence-electron chi connectivity index (χ0n) is 9.13. The third-order valence-electron chi connectivity index (χ3n) is 2.80. The highest BCUT2D eigenvalue weighted by Gasteiger charge is 2.27. The lowest BCUT2D eigenvalue weighted by Crippen LogP contribution is -2.38. The quantitative estimate of drug-likeness (QED) is 0.562. The van der Waals surface area contributed by atoms with Crippen molar-refractivity contribution >= 4 is 21.4 Å². The normalized spacial score (nSPS) is 24.1. The molecule has 1 saturated carbocycles. The molecule has 94 valence electrons. The third kappa shape index (κ3) is 2.68. The first-order chi connectivity index (χ1) is 7.86. The minimum Gasteiger partial charge on any atom is -0.398 e. The van der Waals surface area contributed by atoms with Crippen LogP contribution >= 0.6 is 0 Å². The van der Waals surface area contributed by atoms with Gasteiger partial charge in [-0.25, -0.2) is 13.6 Å². The second-order valence-electron chi connectivity index (χ2n) is 4.26. The molecule has 0 bridgehead atoms. The number of nitrogens with one attached hydrogen (secondary N) is 1. The molecule has 6 nitrogen and oxygen atoms in total. The predicted octanol–water partition coefficient (Wildman–Crippen LogP) is -0.149. The van der Waals surface area contributed by atoms with Gasteiger partial charge < -0.3 is 16.2 Å². The minimum atomic E-state index is -3.77. The second kappa shape index (κ2) is 4.17. The Morgan fingerprint density at radius 3 is 2.47 bits per heavy atom. The fourth-order valence-electron chi connectivity index (χ4n) is 1.84. The number of hydrogen-bond acceptors (Lipinski definition) is 5. The topological polar surface area (TPSA) is 118 Å². The van der Waals surface area contributed by atoms with Crippen LogP contribution in [0.3, 0.4) is 0 Å². The van der Waals surface area contributed by atoms with Gasteiger partial charge >= 0.3 is 0 Å². The van der Waals surface area contributed by atoms with Crippen LogP contribution in [-0.2, 0) is 10.0 Å². The van der Waals surface area contributed by atoms with Gasteiger partial charge in [0.2, 0.25) is 10.0 Å². The SMILES string of the molecule is Nc1cc(NC2CC(O)C2)ccc1S(N)(=O)=O. The van der Waals surface area contributed by atoms with Crippen molar-refractivity contribution in [3.63, 3.8) is 0 Å². The molecule has 0 unspecified atom stereocenters. The van der Waals surface area contributed by atoms with Crippen molar-refractivity contribution in [2.45, 2.75) is 29.9 Å². The van der Waals surface area contributed by atoms with E-state index in [0.29, 0.717) is 12.8 Å². The molecular formula is C10H15N3O3S. The van der Waals surface area contributed by atoms with Crippen molar-refractivity contribution in [2.24, 2.45) is 5.14 Å². The highest BCUT2D eigenvalue weighted by Crippen LogP contribution is 2.27. The smallest absolute Gasteiger partial charge is 0.240 e. The van der Waals surface area contributed by atoms with Crippen molar-refractivity contribution in [2.75, 3.05) is 11.1 Å². The first-order valence-electron chi connectivity index (χ1n) is 5.23. The number of benzene rings is 1. The Balaban J connectivity index is 2.14. The molecule has 17 heavy (non-hydrogen) atoms. The van der Waals surface area contributed by atoms with E-state index in [-0.39, 0.29) is 22.7 Å². The first kappa shape index (κ1) is 12.2. The number of sulfonamides is 1. The third-order valence-corrected chi connectivity index (χ3v) is 3.79. The molecule has 1 aromatic rings. The molecule has 7 heteroatoms. The molecule has 0 spiro atoms. The van der Waals surface area contributed by atoms with Crippen LogP contribution in [0.4, 0.5) is 11.4 Å². The van der Waals surface area contributed by atoms with E-state index in [9.17, 15) is 8.42 Å². The number of nitrogens with two attached hydrogens (primary N) is 2. The van der Waals surface area contributed by atoms with E-state index in [4.69, 9.17) is 16.0 Å². The van der Waals surface area contributed by atoms with Gasteiger partial charge in [0.05, 0.1) is 11.8 Å². The largest absolute Gasteiger partial charge is 0.398 e. The van der Waals surface area contributed by atoms with Gasteiger partial charge in [-0.05, 0) is 31.0 Å². The van der Waals surface area contributed by atoms with Gasteiger partial charge in [0.15, 0.2) is 0 Å². The number of anilines is 2. The van der Waals surface area contributed by atoms with E-state index in [2.05, 4.69) is 5.32 Å². The summed E-state index contributed by atoms with van der Waals surface area (Å²) >= 11 is 0. The molecular weight excluding hydrogens is 242 g/mol. The number of rotatable bonds is 3. The van der Waals surface area contributed by atoms with Crippen LogP contribution in [-0.4, -0.2) is 25.7 Å². The van der Waals surface area contributed by atoms with Gasteiger partial charge in [-0.2, -0.15) is 0 Å². The van der Waals surface area contributed by atoms with Gasteiger partial charge in [0.25, 0.3) is 0 Å². The number of aliphatic hydroxyl groups excluding tert-OH is 1. The summed E-state index contributed by atoms with van der Waals surface area (Å²) in [7, 11) is -3.77. The average molecular weight is 257 g/mol. The lowest BCUT2D eigenvalue weighted by atomic mass is 9.89. The minimum absolute atomic E-state index is 0.0725. The van der Waals surface area contributed by atoms with E-state index < -0.39 is 10.0 Å². The van der Waals surface area contributed by atoms with Gasteiger partial charge in [-0.3, -0.25) is 0 Å². The number of nitrogen functional groups attached to an aromatic ring is 1. The maximum Gasteiger partial charge on any atom is 0.240 e. The Kier molecular flexibility index (Phi) is 2.98. The predicted molar refractivity (Wildman–Crippen MR) is 64.9 cm³/mol. The molecule has 1 aliphatic carbocycles. The summed E-state index contributed by atoms with van der Waals surface area (Å²) in [5, 5.41) is 17.3. The van der Waals surface area contributed by atoms with E-state index in [1.165, 1.54) is 12.1 Å². The first-order valence-corrected chi connectivity index (χ1v) is 6.78. The lowest BCUT2D eigenvalue weighted by Gasteiger charge is -2.32. The van der Waals surface area contributed by atoms with E-state index in [1.54, 1.807) is 6.07 Å². The van der Waals surface area contributed by atoms with E-state index >= 15 is 0 Å². The Labute approximate surface area is 99.7 Å². The molecule has 1 aromatic carbocycles. The zero-order valence-corrected chi connectivity index (χ0v) is 9.94. The summed E-state index contributed by atoms with van der Waals surface area (Å²) in [6, 6.07) is 4.73. The van der Waals surface area contributed by atoms with E-state index in [1.807, 2.05) is 0 Å². The highest BCUT2D eigenvalue weighted by atomic mass is 32.2. The molecule has 1 fully saturated rings. The summed E-state index contributed by atoms with van der Waals surface area (Å²) in [5.41, 5.74) is 6.47. The Morgan fingerprint density at radius 2 is 2.00 bits per heavy atom. The van der Waals surface area contributed by atoms with Gasteiger partial charge in [0.1, 0.15) is 4.90 Å². The molecule has 0 heterocycles. The standard InChI is InChI=1S/C10H15N3O3S/c11-9-5-6(13-7-3-8(14)4-7)1-2-10(9)17(12,15)16/h1-2,5,7-8,13-14H,3-4,11H2,(H2,12,15,16). The Hall–Kier alpha value is -1.31. The van der Waals surface area contributed by atoms with Crippen LogP contribution in [0.25, 0.3) is 0 Å². The van der Waals surface area contributed by atoms with Crippen LogP contribution < -0.4 is 16.2 Å². The molecule has 0 atom stereocenters. The fraction of sp³-hybridized carbons (Fsp3) is 0.400. The number of hydrogen-bond donors (Lipinski definition) is 4. The Morgan fingerprint density at radius 1 is 1.35 bits per heavy atom. The number of primary sulfonamides is 1. The van der Waals surface area contributed by atoms with Crippen molar-refractivity contribution < 1.29 is 13.5 Å². The molecule has 0 aliphatic heterocycles. The van der Waals surface area contributed by atoms with Crippen molar-refractivity contribution in [1.29, 1.82) is 0 Å². The van der Waals surface area contributed by atoms with E-state index in [0.717, 1.165) is 5.69 Å². The van der Waals surface area contributed by atoms with Gasteiger partial charge in [-0.15, -0.1) is 0 Å². The molecule has 0 aromatic heterocycles. The van der Waals surface area contributed by atoms with Crippen LogP contribution in [0.1, 0.15) is 12.8 Å². The summed E-state index contributed by atoms with van der Waals surface area (Å²) in [5.74, 6) is 0. The summed E-state index contributed by atoms with van der Waals surface area (Å²) in [4.78, 5) is -0.0725. The highest BCUT2D eigenvalue weighted by molar-refractivity contribution is 7.89.